The van der Waals surface area contributed by atoms with Gasteiger partial charge < -0.3 is 15.2 Å². The number of hydrogen-bond acceptors (Lipinski definition) is 3. The number of aliphatic carboxylic acids is 1. The lowest BCUT2D eigenvalue weighted by molar-refractivity contribution is -0.140. The maximum atomic E-state index is 11.1. The molecule has 2 N–H and O–H groups in total. The van der Waals surface area contributed by atoms with Crippen LogP contribution < -0.4 is 10.1 Å². The molecule has 1 aliphatic carbocycles. The highest BCUT2D eigenvalue weighted by molar-refractivity contribution is 5.85. The summed E-state index contributed by atoms with van der Waals surface area (Å²) in [6.45, 7) is 0. The molecule has 0 amide bonds. The summed E-state index contributed by atoms with van der Waals surface area (Å²) >= 11 is 0. The second-order valence-corrected chi connectivity index (χ2v) is 4.06. The molecule has 4 heteroatoms. The molecule has 0 radical (unpaired) electrons. The molecule has 86 valence electrons. The second-order valence-electron chi connectivity index (χ2n) is 4.06. The van der Waals surface area contributed by atoms with Crippen LogP contribution in [0.4, 0.5) is 0 Å². The summed E-state index contributed by atoms with van der Waals surface area (Å²) in [5.74, 6) is 0.0616. The Morgan fingerprint density at radius 3 is 2.50 bits per heavy atom. The van der Waals surface area contributed by atoms with Gasteiger partial charge in [-0.25, -0.2) is 0 Å². The molecule has 4 nitrogen and oxygen atoms in total. The molecule has 2 atom stereocenters. The van der Waals surface area contributed by atoms with E-state index in [1.807, 2.05) is 24.3 Å². The number of nitrogens with one attached hydrogen (secondary N) is 1. The van der Waals surface area contributed by atoms with Crippen LogP contribution >= 0.6 is 0 Å². The van der Waals surface area contributed by atoms with Crippen molar-refractivity contribution < 1.29 is 14.6 Å². The van der Waals surface area contributed by atoms with Crippen molar-refractivity contribution in [2.45, 2.75) is 17.9 Å². The van der Waals surface area contributed by atoms with Gasteiger partial charge in [0.05, 0.1) is 7.11 Å². The molecule has 16 heavy (non-hydrogen) atoms. The Kier molecular flexibility index (Phi) is 2.59. The summed E-state index contributed by atoms with van der Waals surface area (Å²) in [7, 11) is 3.30. The highest BCUT2D eigenvalue weighted by atomic mass is 16.5. The van der Waals surface area contributed by atoms with Crippen LogP contribution in [0.3, 0.4) is 0 Å². The zero-order chi connectivity index (χ0) is 11.8. The van der Waals surface area contributed by atoms with E-state index in [-0.39, 0.29) is 5.92 Å². The summed E-state index contributed by atoms with van der Waals surface area (Å²) in [5.41, 5.74) is 0.270. The van der Waals surface area contributed by atoms with Crippen LogP contribution in [-0.4, -0.2) is 30.8 Å². The minimum absolute atomic E-state index is 0.0564. The fraction of sp³-hybridized carbons (Fsp3) is 0.417. The second kappa shape index (κ2) is 3.79. The van der Waals surface area contributed by atoms with Crippen LogP contribution in [0.1, 0.15) is 17.9 Å². The third-order valence-electron chi connectivity index (χ3n) is 3.31. The summed E-state index contributed by atoms with van der Waals surface area (Å²) in [4.78, 5) is 11.1. The predicted octanol–water partition coefficient (Wildman–Crippen LogP) is 1.23. The highest BCUT2D eigenvalue weighted by Gasteiger charge is 2.60. The first-order valence-corrected chi connectivity index (χ1v) is 5.20. The van der Waals surface area contributed by atoms with Gasteiger partial charge in [0, 0.05) is 5.92 Å². The lowest BCUT2D eigenvalue weighted by atomic mass is 10.1. The van der Waals surface area contributed by atoms with Crippen LogP contribution in [0.15, 0.2) is 24.3 Å². The standard InChI is InChI=1S/C12H15NO3/c1-13-12(11(14)15)7-10(12)8-3-5-9(16-2)6-4-8/h3-6,10,13H,7H2,1-2H3,(H,14,15). The van der Waals surface area contributed by atoms with E-state index < -0.39 is 11.5 Å². The largest absolute Gasteiger partial charge is 0.497 e. The number of ether oxygens (including phenoxy) is 1. The van der Waals surface area contributed by atoms with Crippen molar-refractivity contribution in [3.05, 3.63) is 29.8 Å². The Balaban J connectivity index is 2.18. The molecule has 2 unspecified atom stereocenters. The Labute approximate surface area is 94.2 Å². The van der Waals surface area contributed by atoms with Crippen LogP contribution in [0.25, 0.3) is 0 Å². The number of carboxylic acid groups (broad SMARTS) is 1. The Morgan fingerprint density at radius 2 is 2.12 bits per heavy atom. The third-order valence-corrected chi connectivity index (χ3v) is 3.31. The molecule has 1 fully saturated rings. The van der Waals surface area contributed by atoms with E-state index >= 15 is 0 Å². The number of rotatable bonds is 4. The smallest absolute Gasteiger partial charge is 0.324 e. The first kappa shape index (κ1) is 11.0. The van der Waals surface area contributed by atoms with Crippen LogP contribution in [0.5, 0.6) is 5.75 Å². The van der Waals surface area contributed by atoms with E-state index in [1.165, 1.54) is 0 Å². The van der Waals surface area contributed by atoms with Crippen molar-refractivity contribution in [1.29, 1.82) is 0 Å². The van der Waals surface area contributed by atoms with Gasteiger partial charge in [-0.2, -0.15) is 0 Å². The quantitative estimate of drug-likeness (QED) is 0.802. The zero-order valence-electron chi connectivity index (χ0n) is 9.36. The fourth-order valence-electron chi connectivity index (χ4n) is 2.12. The average Bonchev–Trinajstić information content (AvgIpc) is 3.05. The Morgan fingerprint density at radius 1 is 1.50 bits per heavy atom. The first-order valence-electron chi connectivity index (χ1n) is 5.20. The van der Waals surface area contributed by atoms with Gasteiger partial charge in [0.2, 0.25) is 0 Å². The number of methoxy groups -OCH3 is 1. The minimum atomic E-state index is -0.782. The predicted molar refractivity (Wildman–Crippen MR) is 59.8 cm³/mol. The van der Waals surface area contributed by atoms with Crippen LogP contribution in [0, 0.1) is 0 Å². The molecular formula is C12H15NO3. The maximum absolute atomic E-state index is 11.1. The SMILES string of the molecule is CNC1(C(=O)O)CC1c1ccc(OC)cc1. The van der Waals surface area contributed by atoms with Gasteiger partial charge in [-0.3, -0.25) is 4.79 Å². The monoisotopic (exact) mass is 221 g/mol. The van der Waals surface area contributed by atoms with Gasteiger partial charge in [0.1, 0.15) is 11.3 Å². The zero-order valence-corrected chi connectivity index (χ0v) is 9.36. The van der Waals surface area contributed by atoms with Crippen molar-refractivity contribution in [2.75, 3.05) is 14.2 Å². The summed E-state index contributed by atoms with van der Waals surface area (Å²) in [6, 6.07) is 7.56. The molecule has 1 aromatic rings. The molecule has 0 saturated heterocycles. The van der Waals surface area contributed by atoms with Crippen molar-refractivity contribution >= 4 is 5.97 Å². The molecular weight excluding hydrogens is 206 g/mol. The Hall–Kier alpha value is -1.55. The molecule has 1 aliphatic rings. The minimum Gasteiger partial charge on any atom is -0.497 e. The number of benzene rings is 1. The van der Waals surface area contributed by atoms with Crippen molar-refractivity contribution in [2.24, 2.45) is 0 Å². The lowest BCUT2D eigenvalue weighted by Gasteiger charge is -2.11. The average molecular weight is 221 g/mol. The fourth-order valence-corrected chi connectivity index (χ4v) is 2.12. The van der Waals surface area contributed by atoms with E-state index in [0.717, 1.165) is 11.3 Å². The van der Waals surface area contributed by atoms with Gasteiger partial charge in [-0.15, -0.1) is 0 Å². The number of carboxylic acids is 1. The molecule has 0 aromatic heterocycles. The van der Waals surface area contributed by atoms with Crippen molar-refractivity contribution in [3.8, 4) is 5.75 Å². The topological polar surface area (TPSA) is 58.6 Å². The maximum Gasteiger partial charge on any atom is 0.324 e. The molecule has 1 saturated carbocycles. The van der Waals surface area contributed by atoms with Gasteiger partial charge >= 0.3 is 5.97 Å². The van der Waals surface area contributed by atoms with Crippen LogP contribution in [0.2, 0.25) is 0 Å². The van der Waals surface area contributed by atoms with Crippen molar-refractivity contribution in [3.63, 3.8) is 0 Å². The van der Waals surface area contributed by atoms with Gasteiger partial charge in [0.25, 0.3) is 0 Å². The van der Waals surface area contributed by atoms with Gasteiger partial charge in [-0.1, -0.05) is 12.1 Å². The van der Waals surface area contributed by atoms with E-state index in [4.69, 9.17) is 9.84 Å². The molecule has 0 spiro atoms. The van der Waals surface area contributed by atoms with Crippen LogP contribution in [-0.2, 0) is 4.79 Å². The van der Waals surface area contributed by atoms with Gasteiger partial charge in [-0.05, 0) is 31.2 Å². The Bertz CT molecular complexity index is 401. The van der Waals surface area contributed by atoms with E-state index in [2.05, 4.69) is 5.32 Å². The summed E-state index contributed by atoms with van der Waals surface area (Å²) < 4.78 is 5.06. The molecule has 0 bridgehead atoms. The molecule has 0 heterocycles. The number of hydrogen-bond donors (Lipinski definition) is 2. The van der Waals surface area contributed by atoms with Gasteiger partial charge in [0.15, 0.2) is 0 Å². The highest BCUT2D eigenvalue weighted by Crippen LogP contribution is 2.51. The van der Waals surface area contributed by atoms with E-state index in [9.17, 15) is 4.79 Å². The summed E-state index contributed by atoms with van der Waals surface area (Å²) in [5, 5.41) is 12.0. The molecule has 1 aromatic carbocycles. The number of carbonyl (C=O) groups is 1. The van der Waals surface area contributed by atoms with Crippen molar-refractivity contribution in [1.82, 2.24) is 5.32 Å². The van der Waals surface area contributed by atoms with E-state index in [0.29, 0.717) is 6.42 Å². The molecule has 0 aliphatic heterocycles. The van der Waals surface area contributed by atoms with E-state index in [1.54, 1.807) is 14.2 Å². The number of likely N-dealkylation sites (N-methyl/N-ethyl adjacent to an activating group) is 1. The third kappa shape index (κ3) is 1.55. The first-order chi connectivity index (χ1) is 7.64. The lowest BCUT2D eigenvalue weighted by Crippen LogP contribution is -2.38. The summed E-state index contributed by atoms with van der Waals surface area (Å²) in [6.07, 6.45) is 0.644. The normalized spacial score (nSPS) is 27.5. The molecule has 2 rings (SSSR count).